The lowest BCUT2D eigenvalue weighted by molar-refractivity contribution is -0.149. The molecule has 0 N–H and O–H groups in total. The molecule has 0 spiro atoms. The molecule has 2 aromatic carbocycles. The minimum atomic E-state index is -0.282. The fraction of sp³-hybridized carbons (Fsp3) is 0.333. The molecule has 4 aliphatic rings. The van der Waals surface area contributed by atoms with E-state index in [2.05, 4.69) is 37.0 Å². The molecule has 4 saturated heterocycles. The predicted molar refractivity (Wildman–Crippen MR) is 104 cm³/mol. The molecule has 0 aromatic heterocycles. The molecule has 0 amide bonds. The van der Waals surface area contributed by atoms with E-state index in [9.17, 15) is 4.39 Å². The number of halogens is 1. The maximum Gasteiger partial charge on any atom is 0.132 e. The summed E-state index contributed by atoms with van der Waals surface area (Å²) in [6.45, 7) is 6.05. The first-order valence-corrected chi connectivity index (χ1v) is 9.30. The SMILES string of the molecule is Fc1ccccc1/C=N\N=C(/c1ccccc1)C12CN3CN(CN(C3)C1)C2. The summed E-state index contributed by atoms with van der Waals surface area (Å²) in [6.07, 6.45) is 1.51. The molecule has 6 heteroatoms. The van der Waals surface area contributed by atoms with Gasteiger partial charge in [-0.05, 0) is 11.6 Å². The van der Waals surface area contributed by atoms with E-state index < -0.39 is 0 Å². The van der Waals surface area contributed by atoms with Crippen molar-refractivity contribution in [3.05, 3.63) is 71.5 Å². The normalized spacial score (nSPS) is 32.3. The molecule has 27 heavy (non-hydrogen) atoms. The molecule has 4 heterocycles. The van der Waals surface area contributed by atoms with Gasteiger partial charge in [0.1, 0.15) is 5.82 Å². The van der Waals surface area contributed by atoms with Gasteiger partial charge in [-0.15, -0.1) is 0 Å². The van der Waals surface area contributed by atoms with E-state index in [4.69, 9.17) is 0 Å². The maximum atomic E-state index is 13.9. The van der Waals surface area contributed by atoms with Crippen molar-refractivity contribution >= 4 is 11.9 Å². The average Bonchev–Trinajstić information content (AvgIpc) is 2.66. The van der Waals surface area contributed by atoms with Gasteiger partial charge in [0.25, 0.3) is 0 Å². The Morgan fingerprint density at radius 2 is 1.44 bits per heavy atom. The largest absolute Gasteiger partial charge is 0.276 e. The van der Waals surface area contributed by atoms with Crippen molar-refractivity contribution in [2.24, 2.45) is 15.6 Å². The smallest absolute Gasteiger partial charge is 0.132 e. The number of nitrogens with zero attached hydrogens (tertiary/aromatic N) is 5. The van der Waals surface area contributed by atoms with Crippen LogP contribution in [0.1, 0.15) is 11.1 Å². The zero-order valence-corrected chi connectivity index (χ0v) is 15.1. The first kappa shape index (κ1) is 16.7. The Morgan fingerprint density at radius 3 is 2.07 bits per heavy atom. The van der Waals surface area contributed by atoms with E-state index >= 15 is 0 Å². The van der Waals surface area contributed by atoms with Crippen molar-refractivity contribution < 1.29 is 4.39 Å². The van der Waals surface area contributed by atoms with Crippen LogP contribution in [-0.2, 0) is 0 Å². The van der Waals surface area contributed by atoms with Crippen LogP contribution >= 0.6 is 0 Å². The Hall–Kier alpha value is -2.41. The van der Waals surface area contributed by atoms with Gasteiger partial charge in [0.15, 0.2) is 0 Å². The van der Waals surface area contributed by atoms with E-state index in [-0.39, 0.29) is 11.2 Å². The van der Waals surface area contributed by atoms with Crippen molar-refractivity contribution in [3.8, 4) is 0 Å². The predicted octanol–water partition coefficient (Wildman–Crippen LogP) is 2.45. The second-order valence-electron chi connectivity index (χ2n) is 7.77. The lowest BCUT2D eigenvalue weighted by Crippen LogP contribution is -2.74. The van der Waals surface area contributed by atoms with Gasteiger partial charge in [-0.2, -0.15) is 10.2 Å². The molecule has 138 valence electrons. The maximum absolute atomic E-state index is 13.9. The van der Waals surface area contributed by atoms with Gasteiger partial charge in [0.05, 0.1) is 37.3 Å². The highest BCUT2D eigenvalue weighted by Crippen LogP contribution is 2.38. The second kappa shape index (κ2) is 6.64. The molecule has 5 nitrogen and oxygen atoms in total. The van der Waals surface area contributed by atoms with Crippen LogP contribution in [-0.4, -0.2) is 66.3 Å². The molecule has 0 saturated carbocycles. The molecule has 4 aliphatic heterocycles. The first-order valence-electron chi connectivity index (χ1n) is 9.30. The van der Waals surface area contributed by atoms with Crippen molar-refractivity contribution in [2.45, 2.75) is 0 Å². The third kappa shape index (κ3) is 3.10. The Morgan fingerprint density at radius 1 is 0.852 bits per heavy atom. The molecule has 0 aliphatic carbocycles. The molecule has 0 unspecified atom stereocenters. The van der Waals surface area contributed by atoms with E-state index in [1.807, 2.05) is 18.2 Å². The zero-order valence-electron chi connectivity index (χ0n) is 15.1. The second-order valence-corrected chi connectivity index (χ2v) is 7.77. The molecular weight excluding hydrogens is 341 g/mol. The van der Waals surface area contributed by atoms with Crippen LogP contribution in [0.5, 0.6) is 0 Å². The van der Waals surface area contributed by atoms with Crippen LogP contribution in [0.25, 0.3) is 0 Å². The van der Waals surface area contributed by atoms with Crippen molar-refractivity contribution in [2.75, 3.05) is 39.6 Å². The molecule has 2 aromatic rings. The lowest BCUT2D eigenvalue weighted by atomic mass is 9.74. The van der Waals surface area contributed by atoms with Crippen LogP contribution in [0, 0.1) is 11.2 Å². The van der Waals surface area contributed by atoms with E-state index in [1.165, 1.54) is 12.3 Å². The van der Waals surface area contributed by atoms with Crippen LogP contribution < -0.4 is 0 Å². The minimum Gasteiger partial charge on any atom is -0.276 e. The molecule has 4 fully saturated rings. The van der Waals surface area contributed by atoms with E-state index in [0.29, 0.717) is 5.56 Å². The first-order chi connectivity index (χ1) is 13.2. The summed E-state index contributed by atoms with van der Waals surface area (Å²) >= 11 is 0. The monoisotopic (exact) mass is 363 g/mol. The zero-order chi connectivity index (χ0) is 18.3. The molecular formula is C21H22FN5. The highest BCUT2D eigenvalue weighted by Gasteiger charge is 2.51. The highest BCUT2D eigenvalue weighted by atomic mass is 19.1. The topological polar surface area (TPSA) is 34.4 Å². The molecule has 0 atom stereocenters. The summed E-state index contributed by atoms with van der Waals surface area (Å²) in [5.41, 5.74) is 2.47. The van der Waals surface area contributed by atoms with Gasteiger partial charge in [-0.3, -0.25) is 14.7 Å². The number of rotatable bonds is 4. The van der Waals surface area contributed by atoms with Gasteiger partial charge in [0, 0.05) is 25.2 Å². The summed E-state index contributed by atoms with van der Waals surface area (Å²) < 4.78 is 13.9. The van der Waals surface area contributed by atoms with Crippen LogP contribution in [0.4, 0.5) is 4.39 Å². The third-order valence-corrected chi connectivity index (χ3v) is 5.59. The van der Waals surface area contributed by atoms with Crippen molar-refractivity contribution in [3.63, 3.8) is 0 Å². The Kier molecular flexibility index (Phi) is 4.11. The summed E-state index contributed by atoms with van der Waals surface area (Å²) in [5, 5.41) is 8.96. The molecule has 4 bridgehead atoms. The Labute approximate surface area is 158 Å². The fourth-order valence-corrected chi connectivity index (χ4v) is 4.74. The molecule has 0 radical (unpaired) electrons. The summed E-state index contributed by atoms with van der Waals surface area (Å²) in [6, 6.07) is 16.9. The van der Waals surface area contributed by atoms with Crippen LogP contribution in [0.3, 0.4) is 0 Å². The Bertz CT molecular complexity index is 857. The minimum absolute atomic E-state index is 0.0668. The summed E-state index contributed by atoms with van der Waals surface area (Å²) in [5.74, 6) is -0.282. The van der Waals surface area contributed by atoms with E-state index in [1.54, 1.807) is 18.2 Å². The van der Waals surface area contributed by atoms with Gasteiger partial charge in [-0.1, -0.05) is 48.5 Å². The van der Waals surface area contributed by atoms with Gasteiger partial charge < -0.3 is 0 Å². The Balaban J connectivity index is 1.53. The van der Waals surface area contributed by atoms with Crippen molar-refractivity contribution in [1.29, 1.82) is 0 Å². The van der Waals surface area contributed by atoms with Gasteiger partial charge in [0.2, 0.25) is 0 Å². The van der Waals surface area contributed by atoms with Crippen molar-refractivity contribution in [1.82, 2.24) is 14.7 Å². The van der Waals surface area contributed by atoms with E-state index in [0.717, 1.165) is 50.9 Å². The van der Waals surface area contributed by atoms with Gasteiger partial charge in [-0.25, -0.2) is 4.39 Å². The number of hydrogen-bond acceptors (Lipinski definition) is 5. The standard InChI is InChI=1S/C21H22FN5/c22-19-9-5-4-8-18(19)10-23-24-20(17-6-2-1-3-7-17)21-11-25-14-26(12-21)16-27(13-21)15-25/h1-10H,11-16H2/b23-10-,24-20+. The third-order valence-electron chi connectivity index (χ3n) is 5.59. The highest BCUT2D eigenvalue weighted by molar-refractivity contribution is 6.05. The quantitative estimate of drug-likeness (QED) is 0.618. The molecule has 6 rings (SSSR count). The number of benzene rings is 2. The van der Waals surface area contributed by atoms with Gasteiger partial charge >= 0.3 is 0 Å². The lowest BCUT2D eigenvalue weighted by Gasteiger charge is -2.60. The average molecular weight is 363 g/mol. The number of hydrogen-bond donors (Lipinski definition) is 0. The summed E-state index contributed by atoms with van der Waals surface area (Å²) in [7, 11) is 0. The summed E-state index contributed by atoms with van der Waals surface area (Å²) in [4.78, 5) is 7.40. The fourth-order valence-electron chi connectivity index (χ4n) is 4.74. The van der Waals surface area contributed by atoms with Crippen LogP contribution in [0.2, 0.25) is 0 Å². The van der Waals surface area contributed by atoms with Crippen LogP contribution in [0.15, 0.2) is 64.8 Å².